The first kappa shape index (κ1) is 26.1. The number of hydrogen-bond donors (Lipinski definition) is 2. The van der Waals surface area contributed by atoms with E-state index in [2.05, 4.69) is 9.97 Å². The lowest BCUT2D eigenvalue weighted by atomic mass is 10.2. The van der Waals surface area contributed by atoms with Crippen LogP contribution < -0.4 is 0 Å². The minimum atomic E-state index is -4.84. The Hall–Kier alpha value is -2.94. The van der Waals surface area contributed by atoms with Crippen LogP contribution in [0.2, 0.25) is 5.15 Å². The van der Waals surface area contributed by atoms with E-state index in [-0.39, 0.29) is 0 Å². The summed E-state index contributed by atoms with van der Waals surface area (Å²) < 4.78 is 95.2. The number of nitrogens with zero attached hydrogens (tertiary/aromatic N) is 2. The van der Waals surface area contributed by atoms with Crippen molar-refractivity contribution in [1.29, 1.82) is 0 Å². The highest BCUT2D eigenvalue weighted by atomic mass is 35.5. The largest absolute Gasteiger partial charge is 0.478 e. The molecule has 0 saturated heterocycles. The molecule has 0 aromatic carbocycles. The number of carboxylic acids is 2. The Bertz CT molecular complexity index is 1120. The van der Waals surface area contributed by atoms with Crippen molar-refractivity contribution in [3.05, 3.63) is 51.9 Å². The lowest BCUT2D eigenvalue weighted by Crippen LogP contribution is -2.15. The van der Waals surface area contributed by atoms with Crippen molar-refractivity contribution in [3.63, 3.8) is 0 Å². The maximum absolute atomic E-state index is 12.3. The molecular weight excluding hydrogens is 486 g/mol. The molecule has 170 valence electrons. The summed E-state index contributed by atoms with van der Waals surface area (Å²) in [4.78, 5) is 26.8. The zero-order chi connectivity index (χ0) is 24.4. The van der Waals surface area contributed by atoms with Crippen molar-refractivity contribution in [2.24, 2.45) is 0 Å². The second-order valence-corrected chi connectivity index (χ2v) is 7.75. The summed E-state index contributed by atoms with van der Waals surface area (Å²) in [6.07, 6.45) is -8.88. The van der Waals surface area contributed by atoms with Crippen molar-refractivity contribution in [3.8, 4) is 0 Å². The second kappa shape index (κ2) is 9.05. The smallest absolute Gasteiger partial charge is 0.433 e. The highest BCUT2D eigenvalue weighted by molar-refractivity contribution is 7.90. The Labute approximate surface area is 174 Å². The fourth-order valence-corrected chi connectivity index (χ4v) is 2.85. The molecule has 0 aliphatic rings. The lowest BCUT2D eigenvalue weighted by Gasteiger charge is -2.08. The molecule has 0 unspecified atom stereocenters. The molecule has 0 bridgehead atoms. The molecule has 2 aromatic heterocycles. The Kier molecular flexibility index (Phi) is 7.62. The number of pyridine rings is 2. The summed E-state index contributed by atoms with van der Waals surface area (Å²) in [7, 11) is -4.15. The molecule has 0 saturated carbocycles. The summed E-state index contributed by atoms with van der Waals surface area (Å²) in [5.74, 6) is -3.08. The van der Waals surface area contributed by atoms with E-state index in [9.17, 15) is 44.3 Å². The van der Waals surface area contributed by atoms with Gasteiger partial charge < -0.3 is 10.2 Å². The second-order valence-electron chi connectivity index (χ2n) is 5.46. The maximum Gasteiger partial charge on any atom is 0.433 e. The predicted octanol–water partition coefficient (Wildman–Crippen LogP) is 3.65. The average molecular weight is 495 g/mol. The molecule has 0 amide bonds. The molecule has 0 atom stereocenters. The van der Waals surface area contributed by atoms with Crippen LogP contribution in [0.5, 0.6) is 0 Å². The van der Waals surface area contributed by atoms with Crippen LogP contribution in [-0.4, -0.2) is 46.8 Å². The lowest BCUT2D eigenvalue weighted by molar-refractivity contribution is -0.142. The molecule has 16 heteroatoms. The third kappa shape index (κ3) is 7.06. The number of sulfone groups is 1. The first-order valence-corrected chi connectivity index (χ1v) is 9.61. The standard InChI is InChI=1S/C8H6F3NO4S.C7H3ClF3NO2/c1-17(15,16)6-4(7(13)14)2-3-5(12-6)8(9,10)11;8-5-3(6(13)14)1-2-4(12-5)7(9,10)11/h2-3H,1H3,(H,13,14);1-2H,(H,13,14). The topological polar surface area (TPSA) is 135 Å². The SMILES string of the molecule is CS(=O)(=O)c1nc(C(F)(F)F)ccc1C(=O)O.O=C(O)c1ccc(C(F)(F)F)nc1Cl. The Morgan fingerprint density at radius 1 is 0.839 bits per heavy atom. The van der Waals surface area contributed by atoms with Gasteiger partial charge in [0.1, 0.15) is 16.5 Å². The van der Waals surface area contributed by atoms with Crippen LogP contribution in [0.1, 0.15) is 32.1 Å². The highest BCUT2D eigenvalue weighted by Crippen LogP contribution is 2.30. The third-order valence-electron chi connectivity index (χ3n) is 3.10. The number of carboxylic acid groups (broad SMARTS) is 2. The molecule has 0 aliphatic carbocycles. The molecule has 8 nitrogen and oxygen atoms in total. The van der Waals surface area contributed by atoms with E-state index < -0.39 is 66.8 Å². The van der Waals surface area contributed by atoms with Crippen molar-refractivity contribution < 1.29 is 54.6 Å². The summed E-state index contributed by atoms with van der Waals surface area (Å²) in [5, 5.41) is 15.3. The van der Waals surface area contributed by atoms with Crippen LogP contribution in [0.25, 0.3) is 0 Å². The molecule has 0 spiro atoms. The monoisotopic (exact) mass is 494 g/mol. The van der Waals surface area contributed by atoms with Crippen LogP contribution in [0.15, 0.2) is 29.3 Å². The molecule has 2 N–H and O–H groups in total. The highest BCUT2D eigenvalue weighted by Gasteiger charge is 2.35. The minimum Gasteiger partial charge on any atom is -0.478 e. The van der Waals surface area contributed by atoms with Gasteiger partial charge in [-0.25, -0.2) is 28.0 Å². The Morgan fingerprint density at radius 3 is 1.55 bits per heavy atom. The summed E-state index contributed by atoms with van der Waals surface area (Å²) >= 11 is 5.24. The Balaban J connectivity index is 0.000000316. The summed E-state index contributed by atoms with van der Waals surface area (Å²) in [6, 6.07) is 2.31. The number of aromatic nitrogens is 2. The number of rotatable bonds is 3. The van der Waals surface area contributed by atoms with Gasteiger partial charge in [-0.15, -0.1) is 0 Å². The van der Waals surface area contributed by atoms with Crippen molar-refractivity contribution in [2.75, 3.05) is 6.26 Å². The van der Waals surface area contributed by atoms with Gasteiger partial charge in [-0.05, 0) is 24.3 Å². The van der Waals surface area contributed by atoms with Crippen LogP contribution in [0.4, 0.5) is 26.3 Å². The molecule has 0 fully saturated rings. The maximum atomic E-state index is 12.3. The average Bonchev–Trinajstić information content (AvgIpc) is 2.59. The van der Waals surface area contributed by atoms with E-state index in [0.29, 0.717) is 24.5 Å². The minimum absolute atomic E-state index is 0.415. The number of carbonyl (C=O) groups is 2. The zero-order valence-electron chi connectivity index (χ0n) is 14.8. The quantitative estimate of drug-likeness (QED) is 0.487. The van der Waals surface area contributed by atoms with Crippen LogP contribution in [-0.2, 0) is 22.2 Å². The third-order valence-corrected chi connectivity index (χ3v) is 4.40. The van der Waals surface area contributed by atoms with Gasteiger partial charge in [0.2, 0.25) is 0 Å². The molecule has 0 aliphatic heterocycles. The normalized spacial score (nSPS) is 12.0. The van der Waals surface area contributed by atoms with E-state index in [0.717, 1.165) is 6.07 Å². The van der Waals surface area contributed by atoms with Gasteiger partial charge >= 0.3 is 24.3 Å². The molecule has 2 aromatic rings. The van der Waals surface area contributed by atoms with Crippen LogP contribution in [0.3, 0.4) is 0 Å². The van der Waals surface area contributed by atoms with Gasteiger partial charge in [-0.1, -0.05) is 11.6 Å². The van der Waals surface area contributed by atoms with E-state index in [1.807, 2.05) is 0 Å². The fourth-order valence-electron chi connectivity index (χ4n) is 1.80. The summed E-state index contributed by atoms with van der Waals surface area (Å²) in [5.41, 5.74) is -3.92. The number of halogens is 7. The van der Waals surface area contributed by atoms with E-state index in [1.165, 1.54) is 0 Å². The molecule has 0 radical (unpaired) electrons. The molecule has 2 rings (SSSR count). The molecular formula is C15H9ClF6N2O6S. The van der Waals surface area contributed by atoms with Crippen molar-refractivity contribution in [1.82, 2.24) is 9.97 Å². The summed E-state index contributed by atoms with van der Waals surface area (Å²) in [6.45, 7) is 0. The predicted molar refractivity (Wildman–Crippen MR) is 90.5 cm³/mol. The number of alkyl halides is 6. The van der Waals surface area contributed by atoms with Gasteiger partial charge in [-0.3, -0.25) is 0 Å². The van der Waals surface area contributed by atoms with Gasteiger partial charge in [0, 0.05) is 6.26 Å². The molecule has 31 heavy (non-hydrogen) atoms. The van der Waals surface area contributed by atoms with Crippen molar-refractivity contribution in [2.45, 2.75) is 17.4 Å². The van der Waals surface area contributed by atoms with Gasteiger partial charge in [-0.2, -0.15) is 26.3 Å². The first-order valence-electron chi connectivity index (χ1n) is 7.34. The number of aromatic carboxylic acids is 2. The van der Waals surface area contributed by atoms with Crippen LogP contribution >= 0.6 is 11.6 Å². The number of hydrogen-bond acceptors (Lipinski definition) is 6. The molecule has 2 heterocycles. The van der Waals surface area contributed by atoms with Crippen LogP contribution in [0, 0.1) is 0 Å². The van der Waals surface area contributed by atoms with Gasteiger partial charge in [0.05, 0.1) is 11.1 Å². The first-order chi connectivity index (χ1) is 13.9. The fraction of sp³-hybridized carbons (Fsp3) is 0.200. The van der Waals surface area contributed by atoms with Crippen molar-refractivity contribution >= 4 is 33.4 Å². The Morgan fingerprint density at radius 2 is 1.23 bits per heavy atom. The zero-order valence-corrected chi connectivity index (χ0v) is 16.4. The van der Waals surface area contributed by atoms with E-state index in [1.54, 1.807) is 0 Å². The van der Waals surface area contributed by atoms with Gasteiger partial charge in [0.15, 0.2) is 14.9 Å². The van der Waals surface area contributed by atoms with E-state index in [4.69, 9.17) is 21.8 Å². The van der Waals surface area contributed by atoms with E-state index >= 15 is 0 Å². The van der Waals surface area contributed by atoms with Gasteiger partial charge in [0.25, 0.3) is 0 Å².